The van der Waals surface area contributed by atoms with Crippen molar-refractivity contribution in [2.75, 3.05) is 26.2 Å². The van der Waals surface area contributed by atoms with E-state index in [9.17, 15) is 31.8 Å². The van der Waals surface area contributed by atoms with Gasteiger partial charge in [0, 0.05) is 53.6 Å². The van der Waals surface area contributed by atoms with Crippen LogP contribution < -0.4 is 5.43 Å². The zero-order valence-corrected chi connectivity index (χ0v) is 29.4. The summed E-state index contributed by atoms with van der Waals surface area (Å²) in [5, 5.41) is 18.8. The Morgan fingerprint density at radius 3 is 2.46 bits per heavy atom. The standard InChI is InChI=1S/C33H31Cl2F3N6O4S2/c34-23-9-12-28(27(35)18-23)44-31(29-13-11-25(49-29)10-6-21-4-7-22(8-5-21)33(36,37)38)26(20-43(50(47)48)42-17-14-24(45)19-42)30(39-44)32(46)40-41-15-2-1-3-16-41/h4-5,7-9,11-13,18,24,45H,1-3,14-17,19-20H2,(H,40,46)(H,47,48)/p-1. The Labute approximate surface area is 302 Å². The third kappa shape index (κ3) is 8.42. The molecule has 0 radical (unpaired) electrons. The van der Waals surface area contributed by atoms with Crippen molar-refractivity contribution >= 4 is 51.7 Å². The van der Waals surface area contributed by atoms with E-state index in [1.54, 1.807) is 24.3 Å². The lowest BCUT2D eigenvalue weighted by Crippen LogP contribution is -2.46. The predicted octanol–water partition coefficient (Wildman–Crippen LogP) is 6.03. The van der Waals surface area contributed by atoms with Crippen molar-refractivity contribution in [2.45, 2.75) is 44.5 Å². The van der Waals surface area contributed by atoms with Crippen molar-refractivity contribution in [2.24, 2.45) is 0 Å². The molecule has 2 saturated heterocycles. The number of hydrazine groups is 2. The molecule has 4 heterocycles. The van der Waals surface area contributed by atoms with Crippen molar-refractivity contribution in [1.82, 2.24) is 29.6 Å². The van der Waals surface area contributed by atoms with Crippen molar-refractivity contribution in [3.8, 4) is 28.1 Å². The lowest BCUT2D eigenvalue weighted by molar-refractivity contribution is -0.137. The zero-order valence-electron chi connectivity index (χ0n) is 26.3. The van der Waals surface area contributed by atoms with Crippen LogP contribution in [0.15, 0.2) is 54.6 Å². The molecular formula is C33H30Cl2F3N6O4S2-. The minimum Gasteiger partial charge on any atom is -0.759 e. The maximum absolute atomic E-state index is 14.0. The quantitative estimate of drug-likeness (QED) is 0.166. The molecule has 10 nitrogen and oxygen atoms in total. The van der Waals surface area contributed by atoms with Gasteiger partial charge < -0.3 is 9.66 Å². The van der Waals surface area contributed by atoms with Crippen LogP contribution in [0.25, 0.3) is 16.3 Å². The molecule has 2 aromatic carbocycles. The maximum Gasteiger partial charge on any atom is 0.416 e. The Balaban J connectivity index is 1.46. The Morgan fingerprint density at radius 2 is 1.82 bits per heavy atom. The molecule has 17 heteroatoms. The second kappa shape index (κ2) is 15.5. The first-order valence-corrected chi connectivity index (χ1v) is 18.2. The van der Waals surface area contributed by atoms with Crippen LogP contribution in [0.2, 0.25) is 10.0 Å². The number of aromatic nitrogens is 2. The molecule has 2 N–H and O–H groups in total. The van der Waals surface area contributed by atoms with Crippen molar-refractivity contribution < 1.29 is 31.8 Å². The number of carbonyl (C=O) groups is 1. The fraction of sp³-hybridized carbons (Fsp3) is 0.333. The van der Waals surface area contributed by atoms with Gasteiger partial charge in [-0.3, -0.25) is 14.4 Å². The number of alkyl halides is 3. The highest BCUT2D eigenvalue weighted by atomic mass is 35.5. The van der Waals surface area contributed by atoms with Gasteiger partial charge in [0.25, 0.3) is 5.91 Å². The maximum atomic E-state index is 14.0. The number of rotatable bonds is 8. The SMILES string of the molecule is O=C(NN1CCCCC1)c1nn(-c2ccc(Cl)cc2Cl)c(-c2ccc(C#Cc3ccc(C(F)(F)F)cc3)s2)c1CN(N1CCC(O)C1)S(=O)[O-]. The highest BCUT2D eigenvalue weighted by Crippen LogP contribution is 2.38. The molecule has 2 aliphatic heterocycles. The van der Waals surface area contributed by atoms with Crippen LogP contribution in [0.5, 0.6) is 0 Å². The number of aliphatic hydroxyl groups is 1. The highest BCUT2D eigenvalue weighted by molar-refractivity contribution is 7.76. The smallest absolute Gasteiger partial charge is 0.416 e. The number of hydrogen-bond acceptors (Lipinski definition) is 8. The fourth-order valence-electron chi connectivity index (χ4n) is 5.78. The topological polar surface area (TPSA) is 117 Å². The molecule has 2 aromatic heterocycles. The van der Waals surface area contributed by atoms with Crippen molar-refractivity contribution in [3.63, 3.8) is 0 Å². The largest absolute Gasteiger partial charge is 0.759 e. The molecule has 0 saturated carbocycles. The number of hydrogen-bond donors (Lipinski definition) is 2. The van der Waals surface area contributed by atoms with Crippen LogP contribution in [0, 0.1) is 11.8 Å². The van der Waals surface area contributed by atoms with Gasteiger partial charge in [-0.25, -0.2) is 14.7 Å². The summed E-state index contributed by atoms with van der Waals surface area (Å²) in [6, 6.07) is 12.7. The number of benzene rings is 2. The van der Waals surface area contributed by atoms with Crippen LogP contribution in [0.3, 0.4) is 0 Å². The third-order valence-corrected chi connectivity index (χ3v) is 10.5. The molecule has 2 atom stereocenters. The number of thiophene rings is 1. The number of carbonyl (C=O) groups excluding carboxylic acids is 1. The Morgan fingerprint density at radius 1 is 1.08 bits per heavy atom. The number of β-amino-alcohol motifs (C(OH)–C–C–N with tert-alkyl or cyclic N) is 1. The second-order valence-corrected chi connectivity index (χ2v) is 14.5. The van der Waals surface area contributed by atoms with Crippen molar-refractivity contribution in [3.05, 3.63) is 91.9 Å². The van der Waals surface area contributed by atoms with E-state index in [4.69, 9.17) is 28.3 Å². The van der Waals surface area contributed by atoms with E-state index in [2.05, 4.69) is 17.3 Å². The number of halogens is 5. The van der Waals surface area contributed by atoms with Gasteiger partial charge in [-0.15, -0.1) is 11.3 Å². The number of aliphatic hydroxyl groups excluding tert-OH is 1. The van der Waals surface area contributed by atoms with Crippen LogP contribution in [-0.4, -0.2) is 76.3 Å². The summed E-state index contributed by atoms with van der Waals surface area (Å²) in [4.78, 5) is 15.1. The molecule has 264 valence electrons. The Kier molecular flexibility index (Phi) is 11.3. The van der Waals surface area contributed by atoms with E-state index >= 15 is 0 Å². The van der Waals surface area contributed by atoms with E-state index in [-0.39, 0.29) is 35.9 Å². The summed E-state index contributed by atoms with van der Waals surface area (Å²) >= 11 is 11.3. The predicted molar refractivity (Wildman–Crippen MR) is 184 cm³/mol. The Hall–Kier alpha value is -3.30. The average Bonchev–Trinajstić information content (AvgIpc) is 3.81. The molecule has 0 bridgehead atoms. The molecule has 2 aliphatic rings. The van der Waals surface area contributed by atoms with Gasteiger partial charge in [0.05, 0.1) is 44.4 Å². The second-order valence-electron chi connectivity index (χ2n) is 11.7. The van der Waals surface area contributed by atoms with Crippen molar-refractivity contribution in [1.29, 1.82) is 0 Å². The van der Waals surface area contributed by atoms with Gasteiger partial charge in [0.2, 0.25) is 0 Å². The first-order chi connectivity index (χ1) is 23.9. The summed E-state index contributed by atoms with van der Waals surface area (Å²) in [5.74, 6) is 5.33. The Bertz CT molecular complexity index is 1950. The third-order valence-electron chi connectivity index (χ3n) is 8.26. The minimum absolute atomic E-state index is 0.0300. The molecule has 2 unspecified atom stereocenters. The summed E-state index contributed by atoms with van der Waals surface area (Å²) in [6.07, 6.45) is -1.97. The van der Waals surface area contributed by atoms with E-state index in [0.29, 0.717) is 51.2 Å². The molecule has 4 aromatic rings. The molecule has 1 amide bonds. The highest BCUT2D eigenvalue weighted by Gasteiger charge is 2.33. The molecule has 50 heavy (non-hydrogen) atoms. The van der Waals surface area contributed by atoms with Crippen LogP contribution in [0.4, 0.5) is 13.2 Å². The summed E-state index contributed by atoms with van der Waals surface area (Å²) < 4.78 is 67.0. The monoisotopic (exact) mass is 765 g/mol. The number of amides is 1. The number of nitrogens with one attached hydrogen (secondary N) is 1. The average molecular weight is 767 g/mol. The lowest BCUT2D eigenvalue weighted by atomic mass is 10.1. The van der Waals surface area contributed by atoms with Gasteiger partial charge in [0.15, 0.2) is 5.69 Å². The zero-order chi connectivity index (χ0) is 35.6. The van der Waals surface area contributed by atoms with Gasteiger partial charge in [0.1, 0.15) is 0 Å². The van der Waals surface area contributed by atoms with Gasteiger partial charge in [-0.1, -0.05) is 41.5 Å². The molecule has 2 fully saturated rings. The van der Waals surface area contributed by atoms with Gasteiger partial charge in [-0.2, -0.15) is 22.7 Å². The molecule has 0 spiro atoms. The first kappa shape index (κ1) is 36.5. The first-order valence-electron chi connectivity index (χ1n) is 15.6. The summed E-state index contributed by atoms with van der Waals surface area (Å²) in [6.45, 7) is 1.35. The lowest BCUT2D eigenvalue weighted by Gasteiger charge is -2.33. The van der Waals surface area contributed by atoms with Crippen LogP contribution in [-0.2, 0) is 24.0 Å². The van der Waals surface area contributed by atoms with Crippen LogP contribution >= 0.6 is 34.5 Å². The molecule has 0 aliphatic carbocycles. The van der Waals surface area contributed by atoms with E-state index in [1.165, 1.54) is 39.2 Å². The van der Waals surface area contributed by atoms with Crippen LogP contribution in [0.1, 0.15) is 57.7 Å². The number of nitrogens with zero attached hydrogens (tertiary/aromatic N) is 5. The minimum atomic E-state index is -4.46. The molecule has 6 rings (SSSR count). The summed E-state index contributed by atoms with van der Waals surface area (Å²) in [5.41, 5.74) is 3.53. The van der Waals surface area contributed by atoms with E-state index in [1.807, 2.05) is 5.01 Å². The molecular weight excluding hydrogens is 736 g/mol. The van der Waals surface area contributed by atoms with Gasteiger partial charge in [-0.05, 0) is 73.9 Å². The van der Waals surface area contributed by atoms with Gasteiger partial charge >= 0.3 is 6.18 Å². The fourth-order valence-corrected chi connectivity index (χ4v) is 7.76. The van der Waals surface area contributed by atoms with E-state index < -0.39 is 35.0 Å². The number of piperidine rings is 1. The normalized spacial score (nSPS) is 17.9. The van der Waals surface area contributed by atoms with E-state index in [0.717, 1.165) is 35.8 Å². The summed E-state index contributed by atoms with van der Waals surface area (Å²) in [7, 11) is 0.